The van der Waals surface area contributed by atoms with E-state index in [-0.39, 0.29) is 4.90 Å². The summed E-state index contributed by atoms with van der Waals surface area (Å²) in [4.78, 5) is 0.181. The lowest BCUT2D eigenvalue weighted by atomic mass is 10.2. The molecule has 2 rings (SSSR count). The van der Waals surface area contributed by atoms with Crippen LogP contribution in [0.15, 0.2) is 57.9 Å². The van der Waals surface area contributed by atoms with Crippen molar-refractivity contribution in [2.75, 3.05) is 4.72 Å². The Bertz CT molecular complexity index is 717. The molecule has 1 N–H and O–H groups in total. The van der Waals surface area contributed by atoms with E-state index in [1.165, 1.54) is 12.1 Å². The number of hydrogen-bond donors (Lipinski definition) is 1. The average molecular weight is 337 g/mol. The topological polar surface area (TPSA) is 70.0 Å². The third kappa shape index (κ3) is 3.34. The molecule has 0 amide bonds. The maximum atomic E-state index is 12.1. The fourth-order valence-electron chi connectivity index (χ4n) is 1.44. The lowest BCUT2D eigenvalue weighted by Gasteiger charge is -2.08. The normalized spacial score (nSPS) is 10.7. The van der Waals surface area contributed by atoms with Crippen LogP contribution in [0.4, 0.5) is 5.69 Å². The van der Waals surface area contributed by atoms with Gasteiger partial charge in [-0.15, -0.1) is 0 Å². The molecule has 0 aliphatic rings. The highest BCUT2D eigenvalue weighted by Gasteiger charge is 2.13. The first-order chi connectivity index (χ1) is 9.01. The summed E-state index contributed by atoms with van der Waals surface area (Å²) in [6, 6.07) is 14.5. The Morgan fingerprint density at radius 3 is 2.11 bits per heavy atom. The van der Waals surface area contributed by atoms with E-state index in [2.05, 4.69) is 20.7 Å². The lowest BCUT2D eigenvalue weighted by molar-refractivity contribution is 0.601. The SMILES string of the molecule is N#Cc1ccc(NS(=O)(=O)c2ccc(Br)cc2)cc1. The van der Waals surface area contributed by atoms with Gasteiger partial charge >= 0.3 is 0 Å². The fourth-order valence-corrected chi connectivity index (χ4v) is 2.76. The molecule has 2 aromatic carbocycles. The van der Waals surface area contributed by atoms with E-state index in [1.54, 1.807) is 36.4 Å². The molecule has 0 radical (unpaired) electrons. The molecule has 0 unspecified atom stereocenters. The number of halogens is 1. The summed E-state index contributed by atoms with van der Waals surface area (Å²) in [7, 11) is -3.60. The number of anilines is 1. The van der Waals surface area contributed by atoms with Gasteiger partial charge in [0.05, 0.1) is 16.5 Å². The van der Waals surface area contributed by atoms with Gasteiger partial charge in [0.2, 0.25) is 0 Å². The first-order valence-corrected chi connectivity index (χ1v) is 7.57. The van der Waals surface area contributed by atoms with Crippen LogP contribution in [0.25, 0.3) is 0 Å². The molecule has 0 saturated carbocycles. The van der Waals surface area contributed by atoms with Crippen molar-refractivity contribution in [3.8, 4) is 6.07 Å². The zero-order valence-corrected chi connectivity index (χ0v) is 12.1. The second-order valence-corrected chi connectivity index (χ2v) is 6.35. The van der Waals surface area contributed by atoms with Gasteiger partial charge in [0.1, 0.15) is 0 Å². The van der Waals surface area contributed by atoms with Crippen LogP contribution in [0.3, 0.4) is 0 Å². The van der Waals surface area contributed by atoms with E-state index in [0.29, 0.717) is 11.3 Å². The molecule has 0 spiro atoms. The maximum Gasteiger partial charge on any atom is 0.261 e. The summed E-state index contributed by atoms with van der Waals surface area (Å²) < 4.78 is 27.4. The van der Waals surface area contributed by atoms with Crippen LogP contribution in [0.1, 0.15) is 5.56 Å². The van der Waals surface area contributed by atoms with Gasteiger partial charge in [0.15, 0.2) is 0 Å². The number of sulfonamides is 1. The Morgan fingerprint density at radius 1 is 1.00 bits per heavy atom. The molecule has 0 fully saturated rings. The smallest absolute Gasteiger partial charge is 0.261 e. The predicted molar refractivity (Wildman–Crippen MR) is 76.1 cm³/mol. The van der Waals surface area contributed by atoms with Gasteiger partial charge in [-0.3, -0.25) is 4.72 Å². The maximum absolute atomic E-state index is 12.1. The summed E-state index contributed by atoms with van der Waals surface area (Å²) in [6.45, 7) is 0. The van der Waals surface area contributed by atoms with Crippen molar-refractivity contribution < 1.29 is 8.42 Å². The molecule has 4 nitrogen and oxygen atoms in total. The third-order valence-corrected chi connectivity index (χ3v) is 4.32. The van der Waals surface area contributed by atoms with E-state index in [0.717, 1.165) is 4.47 Å². The second kappa shape index (κ2) is 5.43. The van der Waals surface area contributed by atoms with E-state index >= 15 is 0 Å². The highest BCUT2D eigenvalue weighted by atomic mass is 79.9. The minimum atomic E-state index is -3.60. The summed E-state index contributed by atoms with van der Waals surface area (Å²) in [5, 5.41) is 8.67. The van der Waals surface area contributed by atoms with E-state index in [9.17, 15) is 8.42 Å². The van der Waals surface area contributed by atoms with Gasteiger partial charge in [0.25, 0.3) is 10.0 Å². The summed E-state index contributed by atoms with van der Waals surface area (Å²) in [5.41, 5.74) is 0.897. The molecule has 19 heavy (non-hydrogen) atoms. The molecule has 0 saturated heterocycles. The van der Waals surface area contributed by atoms with Gasteiger partial charge in [-0.05, 0) is 48.5 Å². The van der Waals surface area contributed by atoms with Crippen LogP contribution in [-0.2, 0) is 10.0 Å². The molecule has 96 valence electrons. The van der Waals surface area contributed by atoms with Gasteiger partial charge in [-0.1, -0.05) is 15.9 Å². The quantitative estimate of drug-likeness (QED) is 0.935. The highest BCUT2D eigenvalue weighted by molar-refractivity contribution is 9.10. The molecule has 0 bridgehead atoms. The molecular formula is C13H9BrN2O2S. The molecular weight excluding hydrogens is 328 g/mol. The predicted octanol–water partition coefficient (Wildman–Crippen LogP) is 3.12. The Labute approximate surface area is 119 Å². The molecule has 0 aliphatic carbocycles. The summed E-state index contributed by atoms with van der Waals surface area (Å²) in [6.07, 6.45) is 0. The first-order valence-electron chi connectivity index (χ1n) is 5.30. The summed E-state index contributed by atoms with van der Waals surface area (Å²) >= 11 is 3.25. The molecule has 6 heteroatoms. The van der Waals surface area contributed by atoms with Crippen LogP contribution >= 0.6 is 15.9 Å². The van der Waals surface area contributed by atoms with Crippen LogP contribution < -0.4 is 4.72 Å². The van der Waals surface area contributed by atoms with E-state index in [4.69, 9.17) is 5.26 Å². The van der Waals surface area contributed by atoms with Gasteiger partial charge in [-0.25, -0.2) is 8.42 Å². The number of nitrogens with one attached hydrogen (secondary N) is 1. The lowest BCUT2D eigenvalue weighted by Crippen LogP contribution is -2.12. The molecule has 0 heterocycles. The molecule has 0 aromatic heterocycles. The Morgan fingerprint density at radius 2 is 1.58 bits per heavy atom. The van der Waals surface area contributed by atoms with Crippen LogP contribution in [-0.4, -0.2) is 8.42 Å². The number of benzene rings is 2. The zero-order valence-electron chi connectivity index (χ0n) is 9.67. The van der Waals surface area contributed by atoms with Gasteiger partial charge in [-0.2, -0.15) is 5.26 Å². The Balaban J connectivity index is 2.26. The Kier molecular flexibility index (Phi) is 3.88. The van der Waals surface area contributed by atoms with Crippen molar-refractivity contribution >= 4 is 31.6 Å². The number of rotatable bonds is 3. The van der Waals surface area contributed by atoms with E-state index in [1.807, 2.05) is 6.07 Å². The third-order valence-electron chi connectivity index (χ3n) is 2.39. The van der Waals surface area contributed by atoms with Crippen molar-refractivity contribution in [1.29, 1.82) is 5.26 Å². The summed E-state index contributed by atoms with van der Waals surface area (Å²) in [5.74, 6) is 0. The minimum Gasteiger partial charge on any atom is -0.280 e. The first kappa shape index (κ1) is 13.6. The van der Waals surface area contributed by atoms with Gasteiger partial charge in [0, 0.05) is 10.2 Å². The zero-order chi connectivity index (χ0) is 13.9. The minimum absolute atomic E-state index is 0.181. The standard InChI is InChI=1S/C13H9BrN2O2S/c14-11-3-7-13(8-4-11)19(17,18)16-12-5-1-10(9-15)2-6-12/h1-8,16H. The van der Waals surface area contributed by atoms with Gasteiger partial charge < -0.3 is 0 Å². The second-order valence-electron chi connectivity index (χ2n) is 3.75. The molecule has 2 aromatic rings. The van der Waals surface area contributed by atoms with Crippen molar-refractivity contribution in [2.45, 2.75) is 4.90 Å². The van der Waals surface area contributed by atoms with Crippen LogP contribution in [0, 0.1) is 11.3 Å². The number of nitriles is 1. The fraction of sp³-hybridized carbons (Fsp3) is 0. The largest absolute Gasteiger partial charge is 0.280 e. The van der Waals surface area contributed by atoms with Crippen molar-refractivity contribution in [2.24, 2.45) is 0 Å². The van der Waals surface area contributed by atoms with Crippen LogP contribution in [0.2, 0.25) is 0 Å². The molecule has 0 aliphatic heterocycles. The average Bonchev–Trinajstić information content (AvgIpc) is 2.40. The molecule has 0 atom stereocenters. The Hall–Kier alpha value is -1.84. The highest BCUT2D eigenvalue weighted by Crippen LogP contribution is 2.18. The van der Waals surface area contributed by atoms with Crippen LogP contribution in [0.5, 0.6) is 0 Å². The van der Waals surface area contributed by atoms with Crippen molar-refractivity contribution in [3.05, 3.63) is 58.6 Å². The van der Waals surface area contributed by atoms with Crippen molar-refractivity contribution in [3.63, 3.8) is 0 Å². The monoisotopic (exact) mass is 336 g/mol. The van der Waals surface area contributed by atoms with Crippen molar-refractivity contribution in [1.82, 2.24) is 0 Å². The number of hydrogen-bond acceptors (Lipinski definition) is 3. The number of nitrogens with zero attached hydrogens (tertiary/aromatic N) is 1. The van der Waals surface area contributed by atoms with E-state index < -0.39 is 10.0 Å².